The molecule has 2 aromatic carbocycles. The van der Waals surface area contributed by atoms with Crippen LogP contribution >= 0.6 is 0 Å². The van der Waals surface area contributed by atoms with Gasteiger partial charge in [0, 0.05) is 0 Å². The highest BCUT2D eigenvalue weighted by molar-refractivity contribution is 5.88. The summed E-state index contributed by atoms with van der Waals surface area (Å²) < 4.78 is 11.6. The highest BCUT2D eigenvalue weighted by Crippen LogP contribution is 2.28. The molecule has 22 heavy (non-hydrogen) atoms. The first kappa shape index (κ1) is 14.6. The van der Waals surface area contributed by atoms with Crippen molar-refractivity contribution in [1.29, 1.82) is 0 Å². The first-order valence-electron chi connectivity index (χ1n) is 7.37. The molecule has 0 aliphatic carbocycles. The summed E-state index contributed by atoms with van der Waals surface area (Å²) >= 11 is 0. The molecule has 4 nitrogen and oxygen atoms in total. The molecular formula is C18H18O4. The third-order valence-corrected chi connectivity index (χ3v) is 3.75. The third-order valence-electron chi connectivity index (χ3n) is 3.75. The van der Waals surface area contributed by atoms with Crippen molar-refractivity contribution in [3.8, 4) is 5.75 Å². The van der Waals surface area contributed by atoms with Crippen molar-refractivity contribution in [2.75, 3.05) is 6.61 Å². The van der Waals surface area contributed by atoms with E-state index in [1.54, 1.807) is 18.2 Å². The molecule has 3 rings (SSSR count). The van der Waals surface area contributed by atoms with Crippen LogP contribution in [0.1, 0.15) is 27.9 Å². The Morgan fingerprint density at radius 2 is 2.05 bits per heavy atom. The lowest BCUT2D eigenvalue weighted by Gasteiger charge is -2.26. The molecule has 0 saturated heterocycles. The van der Waals surface area contributed by atoms with E-state index in [0.717, 1.165) is 29.7 Å². The number of aromatic carboxylic acids is 1. The van der Waals surface area contributed by atoms with Crippen LogP contribution in [0.3, 0.4) is 0 Å². The monoisotopic (exact) mass is 298 g/mol. The molecule has 0 fully saturated rings. The van der Waals surface area contributed by atoms with E-state index >= 15 is 0 Å². The Bertz CT molecular complexity index is 651. The van der Waals surface area contributed by atoms with Gasteiger partial charge in [0.25, 0.3) is 0 Å². The molecule has 1 atom stereocenters. The number of benzene rings is 2. The van der Waals surface area contributed by atoms with Gasteiger partial charge in [-0.3, -0.25) is 0 Å². The standard InChI is InChI=1S/C18H18O4/c19-18(20)15-7-9-17-14(10-15)6-8-16(22-17)12-21-11-13-4-2-1-3-5-13/h1-5,7,9-10,16H,6,8,11-12H2,(H,19,20). The van der Waals surface area contributed by atoms with Gasteiger partial charge >= 0.3 is 5.97 Å². The fraction of sp³-hybridized carbons (Fsp3) is 0.278. The minimum absolute atomic E-state index is 0.0203. The Kier molecular flexibility index (Phi) is 4.39. The van der Waals surface area contributed by atoms with E-state index in [-0.39, 0.29) is 6.10 Å². The molecule has 0 aromatic heterocycles. The Morgan fingerprint density at radius 3 is 2.82 bits per heavy atom. The summed E-state index contributed by atoms with van der Waals surface area (Å²) in [5.41, 5.74) is 2.41. The van der Waals surface area contributed by atoms with Gasteiger partial charge in [-0.25, -0.2) is 4.79 Å². The van der Waals surface area contributed by atoms with E-state index in [2.05, 4.69) is 0 Å². The van der Waals surface area contributed by atoms with Gasteiger partial charge in [-0.2, -0.15) is 0 Å². The molecule has 0 bridgehead atoms. The molecule has 4 heteroatoms. The average Bonchev–Trinajstić information content (AvgIpc) is 2.55. The average molecular weight is 298 g/mol. The molecule has 1 unspecified atom stereocenters. The second-order valence-electron chi connectivity index (χ2n) is 5.41. The molecule has 0 radical (unpaired) electrons. The van der Waals surface area contributed by atoms with Gasteiger partial charge in [0.15, 0.2) is 0 Å². The van der Waals surface area contributed by atoms with Crippen LogP contribution in [-0.2, 0) is 17.8 Å². The maximum Gasteiger partial charge on any atom is 0.335 e. The van der Waals surface area contributed by atoms with Crippen molar-refractivity contribution in [2.24, 2.45) is 0 Å². The Hall–Kier alpha value is -2.33. The minimum Gasteiger partial charge on any atom is -0.488 e. The molecule has 1 aliphatic rings. The van der Waals surface area contributed by atoms with Crippen molar-refractivity contribution in [3.63, 3.8) is 0 Å². The quantitative estimate of drug-likeness (QED) is 0.920. The number of hydrogen-bond acceptors (Lipinski definition) is 3. The lowest BCUT2D eigenvalue weighted by Crippen LogP contribution is -2.27. The largest absolute Gasteiger partial charge is 0.488 e. The third kappa shape index (κ3) is 3.46. The molecule has 1 aliphatic heterocycles. The van der Waals surface area contributed by atoms with E-state index < -0.39 is 5.97 Å². The molecule has 1 heterocycles. The van der Waals surface area contributed by atoms with Crippen LogP contribution in [0.25, 0.3) is 0 Å². The number of rotatable bonds is 5. The highest BCUT2D eigenvalue weighted by atomic mass is 16.5. The van der Waals surface area contributed by atoms with Gasteiger partial charge in [0.05, 0.1) is 18.8 Å². The SMILES string of the molecule is O=C(O)c1ccc2c(c1)CCC(COCc1ccccc1)O2. The van der Waals surface area contributed by atoms with Crippen LogP contribution in [0.15, 0.2) is 48.5 Å². The van der Waals surface area contributed by atoms with E-state index in [0.29, 0.717) is 18.8 Å². The molecule has 0 spiro atoms. The predicted octanol–water partition coefficient (Wildman–Crippen LogP) is 3.30. The zero-order valence-corrected chi connectivity index (χ0v) is 12.2. The number of carboxylic acids is 1. The van der Waals surface area contributed by atoms with Gasteiger partial charge in [-0.1, -0.05) is 30.3 Å². The van der Waals surface area contributed by atoms with Crippen LogP contribution in [-0.4, -0.2) is 23.8 Å². The summed E-state index contributed by atoms with van der Waals surface area (Å²) in [6, 6.07) is 15.0. The second-order valence-corrected chi connectivity index (χ2v) is 5.41. The summed E-state index contributed by atoms with van der Waals surface area (Å²) in [6.07, 6.45) is 1.67. The van der Waals surface area contributed by atoms with Crippen molar-refractivity contribution in [2.45, 2.75) is 25.6 Å². The maximum absolute atomic E-state index is 11.0. The van der Waals surface area contributed by atoms with Crippen LogP contribution in [0, 0.1) is 0 Å². The summed E-state index contributed by atoms with van der Waals surface area (Å²) in [7, 11) is 0. The summed E-state index contributed by atoms with van der Waals surface area (Å²) in [5, 5.41) is 9.00. The lowest BCUT2D eigenvalue weighted by molar-refractivity contribution is 0.0316. The van der Waals surface area contributed by atoms with Crippen LogP contribution in [0.4, 0.5) is 0 Å². The van der Waals surface area contributed by atoms with Crippen molar-refractivity contribution in [3.05, 3.63) is 65.2 Å². The zero-order chi connectivity index (χ0) is 15.4. The van der Waals surface area contributed by atoms with E-state index in [1.807, 2.05) is 30.3 Å². The summed E-state index contributed by atoms with van der Waals surface area (Å²) in [5.74, 6) is -0.138. The Labute approximate surface area is 129 Å². The number of aryl methyl sites for hydroxylation is 1. The fourth-order valence-corrected chi connectivity index (χ4v) is 2.58. The number of ether oxygens (including phenoxy) is 2. The smallest absolute Gasteiger partial charge is 0.335 e. The lowest BCUT2D eigenvalue weighted by atomic mass is 10.0. The fourth-order valence-electron chi connectivity index (χ4n) is 2.58. The first-order chi connectivity index (χ1) is 10.7. The first-order valence-corrected chi connectivity index (χ1v) is 7.37. The number of hydrogen-bond donors (Lipinski definition) is 1. The predicted molar refractivity (Wildman–Crippen MR) is 82.2 cm³/mol. The van der Waals surface area contributed by atoms with Crippen LogP contribution in [0.5, 0.6) is 5.75 Å². The molecule has 2 aromatic rings. The van der Waals surface area contributed by atoms with Gasteiger partial charge in [0.2, 0.25) is 0 Å². The zero-order valence-electron chi connectivity index (χ0n) is 12.2. The molecule has 114 valence electrons. The number of carboxylic acid groups (broad SMARTS) is 1. The summed E-state index contributed by atoms with van der Waals surface area (Å²) in [6.45, 7) is 1.11. The summed E-state index contributed by atoms with van der Waals surface area (Å²) in [4.78, 5) is 11.0. The van der Waals surface area contributed by atoms with E-state index in [1.165, 1.54) is 0 Å². The van der Waals surface area contributed by atoms with Crippen molar-refractivity contribution in [1.82, 2.24) is 0 Å². The van der Waals surface area contributed by atoms with E-state index in [9.17, 15) is 4.79 Å². The normalized spacial score (nSPS) is 16.6. The Morgan fingerprint density at radius 1 is 1.23 bits per heavy atom. The molecule has 0 saturated carbocycles. The number of fused-ring (bicyclic) bond motifs is 1. The van der Waals surface area contributed by atoms with Crippen molar-refractivity contribution < 1.29 is 19.4 Å². The molecule has 1 N–H and O–H groups in total. The minimum atomic E-state index is -0.906. The van der Waals surface area contributed by atoms with Crippen LogP contribution < -0.4 is 4.74 Å². The van der Waals surface area contributed by atoms with Crippen molar-refractivity contribution >= 4 is 5.97 Å². The topological polar surface area (TPSA) is 55.8 Å². The van der Waals surface area contributed by atoms with E-state index in [4.69, 9.17) is 14.6 Å². The second kappa shape index (κ2) is 6.62. The van der Waals surface area contributed by atoms with Gasteiger partial charge in [0.1, 0.15) is 11.9 Å². The maximum atomic E-state index is 11.0. The molecular weight excluding hydrogens is 280 g/mol. The highest BCUT2D eigenvalue weighted by Gasteiger charge is 2.21. The number of carbonyl (C=O) groups is 1. The Balaban J connectivity index is 1.55. The van der Waals surface area contributed by atoms with Gasteiger partial charge in [-0.15, -0.1) is 0 Å². The molecule has 0 amide bonds. The van der Waals surface area contributed by atoms with Gasteiger partial charge < -0.3 is 14.6 Å². The van der Waals surface area contributed by atoms with Gasteiger partial charge in [-0.05, 0) is 42.2 Å². The van der Waals surface area contributed by atoms with Crippen LogP contribution in [0.2, 0.25) is 0 Å².